The number of nitrogens with zero attached hydrogens (tertiary/aromatic N) is 2. The van der Waals surface area contributed by atoms with Crippen molar-refractivity contribution in [3.05, 3.63) is 130 Å². The van der Waals surface area contributed by atoms with Crippen molar-refractivity contribution < 1.29 is 19.4 Å². The molecule has 6 nitrogen and oxygen atoms in total. The summed E-state index contributed by atoms with van der Waals surface area (Å²) in [4.78, 5) is 18.0. The van der Waals surface area contributed by atoms with Crippen LogP contribution in [0.1, 0.15) is 127 Å². The normalized spacial score (nSPS) is 13.7. The van der Waals surface area contributed by atoms with Gasteiger partial charge in [0.1, 0.15) is 11.5 Å². The van der Waals surface area contributed by atoms with Crippen LogP contribution in [0.3, 0.4) is 0 Å². The van der Waals surface area contributed by atoms with Crippen LogP contribution < -0.4 is 4.74 Å². The average Bonchev–Trinajstić information content (AvgIpc) is 3.16. The second-order valence-electron chi connectivity index (χ2n) is 16.3. The van der Waals surface area contributed by atoms with Crippen LogP contribution in [0.4, 0.5) is 0 Å². The van der Waals surface area contributed by atoms with Gasteiger partial charge in [-0.1, -0.05) is 99.6 Å². The summed E-state index contributed by atoms with van der Waals surface area (Å²) in [5.41, 5.74) is 6.73. The second-order valence-corrected chi connectivity index (χ2v) is 16.3. The van der Waals surface area contributed by atoms with Gasteiger partial charge in [0.15, 0.2) is 0 Å². The number of benzene rings is 4. The van der Waals surface area contributed by atoms with E-state index in [1.165, 1.54) is 16.7 Å². The minimum atomic E-state index is -0.232. The number of aromatic hydroxyl groups is 1. The van der Waals surface area contributed by atoms with Gasteiger partial charge >= 0.3 is 5.97 Å². The Morgan fingerprint density at radius 2 is 1.15 bits per heavy atom. The molecule has 0 saturated carbocycles. The predicted octanol–water partition coefficient (Wildman–Crippen LogP) is 11.0. The molecule has 55 heavy (non-hydrogen) atoms. The van der Waals surface area contributed by atoms with E-state index in [0.29, 0.717) is 42.8 Å². The first kappa shape index (κ1) is 43.8. The summed E-state index contributed by atoms with van der Waals surface area (Å²) in [5, 5.41) is 11.0. The Bertz CT molecular complexity index is 1730. The predicted molar refractivity (Wildman–Crippen MR) is 228 cm³/mol. The summed E-state index contributed by atoms with van der Waals surface area (Å²) in [6.45, 7) is 24.5. The lowest BCUT2D eigenvalue weighted by atomic mass is 9.86. The summed E-state index contributed by atoms with van der Waals surface area (Å²) in [5.74, 6) is 0.641. The van der Waals surface area contributed by atoms with E-state index >= 15 is 0 Å². The first-order valence-corrected chi connectivity index (χ1v) is 20.7. The van der Waals surface area contributed by atoms with E-state index in [1.807, 2.05) is 44.2 Å². The second kappa shape index (κ2) is 21.4. The lowest BCUT2D eigenvalue weighted by Gasteiger charge is -2.34. The molecule has 0 aliphatic carbocycles. The van der Waals surface area contributed by atoms with Crippen LogP contribution in [0.2, 0.25) is 0 Å². The van der Waals surface area contributed by atoms with E-state index in [2.05, 4.69) is 132 Å². The zero-order chi connectivity index (χ0) is 40.1. The number of phenols is 1. The van der Waals surface area contributed by atoms with Crippen molar-refractivity contribution in [1.29, 1.82) is 0 Å². The molecule has 298 valence electrons. The van der Waals surface area contributed by atoms with Crippen LogP contribution in [0, 0.1) is 5.92 Å². The Balaban J connectivity index is 1.54. The van der Waals surface area contributed by atoms with Crippen molar-refractivity contribution >= 4 is 5.97 Å². The number of aryl methyl sites for hydroxylation is 1. The molecule has 1 N–H and O–H groups in total. The molecule has 0 radical (unpaired) electrons. The number of ether oxygens (including phenoxy) is 2. The fourth-order valence-corrected chi connectivity index (χ4v) is 7.86. The Kier molecular flexibility index (Phi) is 17.0. The van der Waals surface area contributed by atoms with Gasteiger partial charge in [-0.2, -0.15) is 0 Å². The highest BCUT2D eigenvalue weighted by molar-refractivity contribution is 5.75. The third kappa shape index (κ3) is 12.5. The first-order valence-electron chi connectivity index (χ1n) is 20.7. The number of carbonyl (C=O) groups is 1. The molecule has 4 aromatic carbocycles. The minimum absolute atomic E-state index is 0.0430. The van der Waals surface area contributed by atoms with Gasteiger partial charge in [0.25, 0.3) is 0 Å². The molecule has 3 unspecified atom stereocenters. The summed E-state index contributed by atoms with van der Waals surface area (Å²) < 4.78 is 12.6. The maximum atomic E-state index is 12.9. The average molecular weight is 749 g/mol. The van der Waals surface area contributed by atoms with Gasteiger partial charge in [0.05, 0.1) is 19.1 Å². The summed E-state index contributed by atoms with van der Waals surface area (Å²) in [6.07, 6.45) is 2.69. The zero-order valence-electron chi connectivity index (χ0n) is 35.3. The van der Waals surface area contributed by atoms with Crippen molar-refractivity contribution in [2.75, 3.05) is 19.7 Å². The first-order chi connectivity index (χ1) is 26.3. The highest BCUT2D eigenvalue weighted by Gasteiger charge is 2.26. The minimum Gasteiger partial charge on any atom is -0.508 e. The maximum Gasteiger partial charge on any atom is 0.313 e. The van der Waals surface area contributed by atoms with Gasteiger partial charge in [-0.3, -0.25) is 14.6 Å². The fourth-order valence-electron chi connectivity index (χ4n) is 7.86. The molecular formula is C49H68N2O4. The van der Waals surface area contributed by atoms with Gasteiger partial charge in [0, 0.05) is 47.1 Å². The van der Waals surface area contributed by atoms with Crippen LogP contribution >= 0.6 is 0 Å². The molecule has 3 atom stereocenters. The molecule has 4 aromatic rings. The quantitative estimate of drug-likeness (QED) is 0.0676. The maximum absolute atomic E-state index is 12.9. The van der Waals surface area contributed by atoms with Gasteiger partial charge < -0.3 is 14.6 Å². The van der Waals surface area contributed by atoms with Crippen LogP contribution in [0.5, 0.6) is 11.5 Å². The Hall–Kier alpha value is -3.97. The molecule has 0 aliphatic rings. The number of carbonyl (C=O) groups excluding carboxylic acids is 1. The van der Waals surface area contributed by atoms with E-state index < -0.39 is 0 Å². The Morgan fingerprint density at radius 1 is 0.636 bits per heavy atom. The van der Waals surface area contributed by atoms with E-state index in [1.54, 1.807) is 0 Å². The molecule has 0 saturated heterocycles. The number of hydrogen-bond acceptors (Lipinski definition) is 6. The summed E-state index contributed by atoms with van der Waals surface area (Å²) in [6, 6.07) is 34.7. The van der Waals surface area contributed by atoms with E-state index in [0.717, 1.165) is 49.0 Å². The molecule has 6 heteroatoms. The lowest BCUT2D eigenvalue weighted by Crippen LogP contribution is -2.42. The molecule has 0 spiro atoms. The monoisotopic (exact) mass is 749 g/mol. The Morgan fingerprint density at radius 3 is 1.67 bits per heavy atom. The van der Waals surface area contributed by atoms with E-state index in [9.17, 15) is 9.90 Å². The van der Waals surface area contributed by atoms with Crippen molar-refractivity contribution in [2.24, 2.45) is 5.92 Å². The fraction of sp³-hybridized carbons (Fsp3) is 0.490. The lowest BCUT2D eigenvalue weighted by molar-refractivity contribution is -0.137. The Labute approximate surface area is 332 Å². The molecular weight excluding hydrogens is 681 g/mol. The van der Waals surface area contributed by atoms with Crippen molar-refractivity contribution in [1.82, 2.24) is 9.80 Å². The molecule has 0 bridgehead atoms. The van der Waals surface area contributed by atoms with Crippen molar-refractivity contribution in [3.8, 4) is 11.5 Å². The largest absolute Gasteiger partial charge is 0.508 e. The third-order valence-electron chi connectivity index (χ3n) is 10.9. The van der Waals surface area contributed by atoms with Crippen molar-refractivity contribution in [3.63, 3.8) is 0 Å². The van der Waals surface area contributed by atoms with Crippen LogP contribution in [0.25, 0.3) is 0 Å². The molecule has 4 rings (SSSR count). The number of phenolic OH excluding ortho intramolecular Hbond substituents is 1. The van der Waals surface area contributed by atoms with Gasteiger partial charge in [0.2, 0.25) is 0 Å². The topological polar surface area (TPSA) is 62.2 Å². The van der Waals surface area contributed by atoms with Gasteiger partial charge in [-0.25, -0.2) is 0 Å². The summed E-state index contributed by atoms with van der Waals surface area (Å²) >= 11 is 0. The van der Waals surface area contributed by atoms with E-state index in [4.69, 9.17) is 9.47 Å². The molecule has 0 heterocycles. The number of hydrogen-bond donors (Lipinski definition) is 1. The highest BCUT2D eigenvalue weighted by atomic mass is 16.5. The van der Waals surface area contributed by atoms with Crippen LogP contribution in [-0.4, -0.2) is 64.7 Å². The molecule has 0 aliphatic heterocycles. The number of esters is 1. The number of rotatable bonds is 21. The summed E-state index contributed by atoms with van der Waals surface area (Å²) in [7, 11) is 0. The SMILES string of the molecule is CCc1ccc(O)c(C(CCN(C(C)C)C(C)COCc2ccc(OC(=O)C(C)C)c(C(CCN(C(C)C)C(C)C)c3ccccc3)c2)c2ccccc2)c1. The standard InChI is InChI=1S/C49H68N2O4/c1-11-39-22-24-47(52)45(30-39)43(41-18-14-12-15-19-41)27-29-51(37(8)9)38(10)32-54-33-40-23-25-48(55-49(53)34(2)3)46(31-40)44(42-20-16-13-17-21-42)26-28-50(35(4)5)36(6)7/h12-25,30-31,34-38,43-44,52H,11,26-29,32-33H2,1-10H3. The van der Waals surface area contributed by atoms with Gasteiger partial charge in [-0.15, -0.1) is 0 Å². The zero-order valence-corrected chi connectivity index (χ0v) is 35.3. The molecule has 0 fully saturated rings. The molecule has 0 amide bonds. The third-order valence-corrected chi connectivity index (χ3v) is 10.9. The van der Waals surface area contributed by atoms with Crippen molar-refractivity contribution in [2.45, 2.75) is 131 Å². The smallest absolute Gasteiger partial charge is 0.313 e. The van der Waals surface area contributed by atoms with Crippen LogP contribution in [0.15, 0.2) is 97.1 Å². The highest BCUT2D eigenvalue weighted by Crippen LogP contribution is 2.37. The van der Waals surface area contributed by atoms with E-state index in [-0.39, 0.29) is 29.8 Å². The van der Waals surface area contributed by atoms with Crippen LogP contribution in [-0.2, 0) is 22.6 Å². The van der Waals surface area contributed by atoms with Gasteiger partial charge in [-0.05, 0) is 121 Å². The molecule has 0 aromatic heterocycles.